The third-order valence-corrected chi connectivity index (χ3v) is 5.45. The Kier molecular flexibility index (Phi) is 6.43. The first-order chi connectivity index (χ1) is 13.7. The van der Waals surface area contributed by atoms with Crippen LogP contribution in [0.5, 0.6) is 5.75 Å². The first-order valence-corrected chi connectivity index (χ1v) is 9.67. The Balaban J connectivity index is 1.90. The Labute approximate surface area is 168 Å². The number of methoxy groups -OCH3 is 1. The second kappa shape index (κ2) is 8.67. The van der Waals surface area contributed by atoms with E-state index < -0.39 is 17.8 Å². The zero-order valence-electron chi connectivity index (χ0n) is 16.8. The van der Waals surface area contributed by atoms with Gasteiger partial charge in [-0.05, 0) is 63.2 Å². The van der Waals surface area contributed by atoms with E-state index in [0.717, 1.165) is 44.5 Å². The van der Waals surface area contributed by atoms with E-state index in [2.05, 4.69) is 15.1 Å². The average Bonchev–Trinajstić information content (AvgIpc) is 2.90. The Morgan fingerprint density at radius 1 is 1.21 bits per heavy atom. The largest absolute Gasteiger partial charge is 0.496 e. The molecule has 2 heterocycles. The number of benzene rings is 1. The smallest absolute Gasteiger partial charge is 0.416 e. The summed E-state index contributed by atoms with van der Waals surface area (Å²) in [5.41, 5.74) is 1.28. The van der Waals surface area contributed by atoms with Crippen LogP contribution in [0.4, 0.5) is 13.2 Å². The van der Waals surface area contributed by atoms with E-state index in [-0.39, 0.29) is 11.7 Å². The molecule has 1 aliphatic heterocycles. The molecule has 1 N–H and O–H groups in total. The lowest BCUT2D eigenvalue weighted by atomic mass is 9.93. The van der Waals surface area contributed by atoms with Crippen molar-refractivity contribution in [1.29, 1.82) is 0 Å². The van der Waals surface area contributed by atoms with Crippen LogP contribution >= 0.6 is 0 Å². The van der Waals surface area contributed by atoms with Crippen LogP contribution in [0.3, 0.4) is 0 Å². The van der Waals surface area contributed by atoms with Gasteiger partial charge in [-0.2, -0.15) is 18.3 Å². The summed E-state index contributed by atoms with van der Waals surface area (Å²) >= 11 is 0. The van der Waals surface area contributed by atoms with Gasteiger partial charge in [0.1, 0.15) is 11.9 Å². The van der Waals surface area contributed by atoms with Gasteiger partial charge in [0.25, 0.3) is 0 Å². The molecular formula is C21H26F3N3O2. The lowest BCUT2D eigenvalue weighted by Crippen LogP contribution is -2.28. The molecule has 29 heavy (non-hydrogen) atoms. The van der Waals surface area contributed by atoms with Crippen LogP contribution in [0.25, 0.3) is 11.3 Å². The molecule has 5 nitrogen and oxygen atoms in total. The van der Waals surface area contributed by atoms with E-state index >= 15 is 0 Å². The fourth-order valence-electron chi connectivity index (χ4n) is 3.85. The molecule has 1 aliphatic rings. The first kappa shape index (κ1) is 21.5. The van der Waals surface area contributed by atoms with Crippen molar-refractivity contribution in [3.05, 3.63) is 41.1 Å². The summed E-state index contributed by atoms with van der Waals surface area (Å²) in [5, 5.41) is 19.2. The standard InChI is InChI=1S/C21H26F3N3O2/c1-13-10-17(20(28)14-6-4-5-9-27(2)12-14)25-26-19(13)16-8-7-15(21(22,23)24)11-18(16)29-3/h7-8,10-11,14,20,28H,4-6,9,12H2,1-3H3. The Hall–Kier alpha value is -2.19. The molecule has 1 aromatic heterocycles. The summed E-state index contributed by atoms with van der Waals surface area (Å²) in [5.74, 6) is 0.151. The highest BCUT2D eigenvalue weighted by Gasteiger charge is 2.32. The minimum absolute atomic E-state index is 0.0719. The number of aliphatic hydroxyl groups is 1. The van der Waals surface area contributed by atoms with Crippen molar-refractivity contribution in [1.82, 2.24) is 15.1 Å². The predicted octanol–water partition coefficient (Wildman–Crippen LogP) is 4.24. The van der Waals surface area contributed by atoms with Crippen LogP contribution in [-0.2, 0) is 6.18 Å². The van der Waals surface area contributed by atoms with Crippen LogP contribution in [0.15, 0.2) is 24.3 Å². The molecule has 3 rings (SSSR count). The molecule has 1 aromatic carbocycles. The van der Waals surface area contributed by atoms with E-state index in [1.54, 1.807) is 13.0 Å². The average molecular weight is 409 g/mol. The number of aryl methyl sites for hydroxylation is 1. The topological polar surface area (TPSA) is 58.5 Å². The molecule has 0 aliphatic carbocycles. The summed E-state index contributed by atoms with van der Waals surface area (Å²) in [6.07, 6.45) is -2.10. The van der Waals surface area contributed by atoms with Gasteiger partial charge in [0.2, 0.25) is 0 Å². The highest BCUT2D eigenvalue weighted by atomic mass is 19.4. The van der Waals surface area contributed by atoms with Crippen LogP contribution in [-0.4, -0.2) is 47.5 Å². The van der Waals surface area contributed by atoms with Gasteiger partial charge in [-0.25, -0.2) is 0 Å². The fourth-order valence-corrected chi connectivity index (χ4v) is 3.85. The van der Waals surface area contributed by atoms with E-state index in [0.29, 0.717) is 22.5 Å². The molecule has 158 valence electrons. The molecule has 8 heteroatoms. The van der Waals surface area contributed by atoms with Gasteiger partial charge >= 0.3 is 6.18 Å². The third kappa shape index (κ3) is 4.87. The van der Waals surface area contributed by atoms with Gasteiger partial charge in [-0.15, -0.1) is 5.10 Å². The number of hydrogen-bond donors (Lipinski definition) is 1. The SMILES string of the molecule is COc1cc(C(F)(F)F)ccc1-c1nnc(C(O)C2CCCCN(C)C2)cc1C. The minimum atomic E-state index is -4.45. The molecule has 1 saturated heterocycles. The molecule has 0 spiro atoms. The minimum Gasteiger partial charge on any atom is -0.496 e. The second-order valence-electron chi connectivity index (χ2n) is 7.68. The monoisotopic (exact) mass is 409 g/mol. The van der Waals surface area contributed by atoms with Crippen molar-refractivity contribution >= 4 is 0 Å². The summed E-state index contributed by atoms with van der Waals surface area (Å²) in [6.45, 7) is 3.60. The number of rotatable bonds is 4. The summed E-state index contributed by atoms with van der Waals surface area (Å²) in [6, 6.07) is 5.06. The molecule has 2 unspecified atom stereocenters. The number of halogens is 3. The van der Waals surface area contributed by atoms with Gasteiger partial charge < -0.3 is 14.7 Å². The van der Waals surface area contributed by atoms with Gasteiger partial charge in [0.15, 0.2) is 0 Å². The van der Waals surface area contributed by atoms with E-state index in [1.807, 2.05) is 7.05 Å². The first-order valence-electron chi connectivity index (χ1n) is 9.67. The van der Waals surface area contributed by atoms with Gasteiger partial charge in [0.05, 0.1) is 24.1 Å². The number of alkyl halides is 3. The molecular weight excluding hydrogens is 383 g/mol. The number of ether oxygens (including phenoxy) is 1. The number of likely N-dealkylation sites (tertiary alicyclic amines) is 1. The normalized spacial score (nSPS) is 19.6. The van der Waals surface area contributed by atoms with Gasteiger partial charge in [0, 0.05) is 18.0 Å². The zero-order valence-corrected chi connectivity index (χ0v) is 16.8. The number of hydrogen-bond acceptors (Lipinski definition) is 5. The number of aromatic nitrogens is 2. The zero-order chi connectivity index (χ0) is 21.2. The number of aliphatic hydroxyl groups excluding tert-OH is 1. The molecule has 0 radical (unpaired) electrons. The van der Waals surface area contributed by atoms with Crippen molar-refractivity contribution in [2.45, 2.75) is 38.5 Å². The highest BCUT2D eigenvalue weighted by Crippen LogP contribution is 2.38. The second-order valence-corrected chi connectivity index (χ2v) is 7.68. The molecule has 1 fully saturated rings. The lowest BCUT2D eigenvalue weighted by Gasteiger charge is -2.24. The quantitative estimate of drug-likeness (QED) is 0.818. The van der Waals surface area contributed by atoms with Crippen molar-refractivity contribution in [3.8, 4) is 17.0 Å². The van der Waals surface area contributed by atoms with Gasteiger partial charge in [-0.1, -0.05) is 6.42 Å². The number of nitrogens with zero attached hydrogens (tertiary/aromatic N) is 3. The molecule has 2 atom stereocenters. The van der Waals surface area contributed by atoms with Crippen molar-refractivity contribution in [2.75, 3.05) is 27.2 Å². The van der Waals surface area contributed by atoms with E-state index in [4.69, 9.17) is 4.74 Å². The van der Waals surface area contributed by atoms with E-state index in [9.17, 15) is 18.3 Å². The van der Waals surface area contributed by atoms with Gasteiger partial charge in [-0.3, -0.25) is 0 Å². The molecule has 0 bridgehead atoms. The van der Waals surface area contributed by atoms with Crippen molar-refractivity contribution < 1.29 is 23.0 Å². The molecule has 2 aromatic rings. The summed E-state index contributed by atoms with van der Waals surface area (Å²) in [7, 11) is 3.37. The lowest BCUT2D eigenvalue weighted by molar-refractivity contribution is -0.137. The predicted molar refractivity (Wildman–Crippen MR) is 104 cm³/mol. The van der Waals surface area contributed by atoms with Crippen LogP contribution < -0.4 is 4.74 Å². The molecule has 0 amide bonds. The van der Waals surface area contributed by atoms with Crippen molar-refractivity contribution in [2.24, 2.45) is 5.92 Å². The fraction of sp³-hybridized carbons (Fsp3) is 0.524. The summed E-state index contributed by atoms with van der Waals surface area (Å²) in [4.78, 5) is 2.21. The Bertz CT molecular complexity index is 858. The molecule has 0 saturated carbocycles. The maximum atomic E-state index is 13.0. The highest BCUT2D eigenvalue weighted by molar-refractivity contribution is 5.70. The van der Waals surface area contributed by atoms with Crippen LogP contribution in [0.2, 0.25) is 0 Å². The van der Waals surface area contributed by atoms with Crippen LogP contribution in [0.1, 0.15) is 42.2 Å². The maximum absolute atomic E-state index is 13.0. The van der Waals surface area contributed by atoms with Crippen molar-refractivity contribution in [3.63, 3.8) is 0 Å². The summed E-state index contributed by atoms with van der Waals surface area (Å²) < 4.78 is 44.1. The maximum Gasteiger partial charge on any atom is 0.416 e. The Morgan fingerprint density at radius 2 is 1.97 bits per heavy atom. The third-order valence-electron chi connectivity index (χ3n) is 5.45. The van der Waals surface area contributed by atoms with Crippen LogP contribution in [0, 0.1) is 12.8 Å². The van der Waals surface area contributed by atoms with E-state index in [1.165, 1.54) is 13.2 Å². The Morgan fingerprint density at radius 3 is 2.62 bits per heavy atom.